The highest BCUT2D eigenvalue weighted by Crippen LogP contribution is 2.27. The number of sulfone groups is 1. The molecule has 0 amide bonds. The predicted octanol–water partition coefficient (Wildman–Crippen LogP) is 0.479. The van der Waals surface area contributed by atoms with Crippen LogP contribution in [0.15, 0.2) is 0 Å². The molecule has 0 spiro atoms. The van der Waals surface area contributed by atoms with E-state index in [0.29, 0.717) is 13.1 Å². The molecule has 0 radical (unpaired) electrons. The lowest BCUT2D eigenvalue weighted by atomic mass is 9.85. The summed E-state index contributed by atoms with van der Waals surface area (Å²) in [5.74, 6) is 0.531. The van der Waals surface area contributed by atoms with Crippen molar-refractivity contribution in [1.29, 1.82) is 0 Å². The minimum absolute atomic E-state index is 0.0755. The fourth-order valence-electron chi connectivity index (χ4n) is 2.46. The Morgan fingerprint density at radius 1 is 1.44 bits per heavy atom. The van der Waals surface area contributed by atoms with Crippen LogP contribution in [-0.4, -0.2) is 50.0 Å². The Labute approximate surface area is 99.1 Å². The number of nitrogens with two attached hydrogens (primary N) is 1. The van der Waals surface area contributed by atoms with Crippen LogP contribution in [0, 0.1) is 5.41 Å². The van der Waals surface area contributed by atoms with Crippen molar-refractivity contribution in [1.82, 2.24) is 4.90 Å². The van der Waals surface area contributed by atoms with Gasteiger partial charge in [-0.15, -0.1) is 0 Å². The molecule has 2 N–H and O–H groups in total. The maximum Gasteiger partial charge on any atom is 0.153 e. The van der Waals surface area contributed by atoms with Gasteiger partial charge in [0.1, 0.15) is 0 Å². The van der Waals surface area contributed by atoms with Crippen LogP contribution < -0.4 is 5.73 Å². The van der Waals surface area contributed by atoms with Crippen LogP contribution >= 0.6 is 0 Å². The predicted molar refractivity (Wildman–Crippen MR) is 67.1 cm³/mol. The van der Waals surface area contributed by atoms with E-state index in [0.717, 1.165) is 0 Å². The van der Waals surface area contributed by atoms with E-state index in [1.165, 1.54) is 0 Å². The third-order valence-corrected chi connectivity index (χ3v) is 5.14. The van der Waals surface area contributed by atoms with Crippen molar-refractivity contribution in [2.75, 3.05) is 24.6 Å². The first-order valence-electron chi connectivity index (χ1n) is 5.83. The molecular weight excluding hydrogens is 224 g/mol. The van der Waals surface area contributed by atoms with E-state index in [1.54, 1.807) is 0 Å². The zero-order valence-corrected chi connectivity index (χ0v) is 11.5. The second-order valence-corrected chi connectivity index (χ2v) is 8.05. The Hall–Kier alpha value is -0.130. The first-order chi connectivity index (χ1) is 7.17. The molecule has 2 unspecified atom stereocenters. The molecule has 1 aliphatic rings. The summed E-state index contributed by atoms with van der Waals surface area (Å²) in [4.78, 5) is 2.25. The zero-order valence-electron chi connectivity index (χ0n) is 10.7. The van der Waals surface area contributed by atoms with Gasteiger partial charge in [0.2, 0.25) is 0 Å². The summed E-state index contributed by atoms with van der Waals surface area (Å²) >= 11 is 0. The lowest BCUT2D eigenvalue weighted by molar-refractivity contribution is 0.0791. The SMILES string of the molecule is CC1CS(=O)(=O)CCN1C(CN)C(C)(C)C. The maximum absolute atomic E-state index is 11.5. The van der Waals surface area contributed by atoms with Gasteiger partial charge >= 0.3 is 0 Å². The summed E-state index contributed by atoms with van der Waals surface area (Å²) in [6.07, 6.45) is 0. The van der Waals surface area contributed by atoms with Crippen LogP contribution in [-0.2, 0) is 9.84 Å². The molecule has 0 aromatic heterocycles. The number of hydrogen-bond acceptors (Lipinski definition) is 4. The van der Waals surface area contributed by atoms with E-state index in [1.807, 2.05) is 6.92 Å². The van der Waals surface area contributed by atoms with Gasteiger partial charge in [-0.3, -0.25) is 4.90 Å². The molecule has 96 valence electrons. The smallest absolute Gasteiger partial charge is 0.153 e. The molecule has 1 heterocycles. The van der Waals surface area contributed by atoms with E-state index < -0.39 is 9.84 Å². The van der Waals surface area contributed by atoms with Crippen LogP contribution in [0.3, 0.4) is 0 Å². The topological polar surface area (TPSA) is 63.4 Å². The molecule has 5 heteroatoms. The van der Waals surface area contributed by atoms with Gasteiger partial charge in [-0.05, 0) is 12.3 Å². The van der Waals surface area contributed by atoms with Crippen molar-refractivity contribution in [3.63, 3.8) is 0 Å². The first kappa shape index (κ1) is 13.9. The molecule has 0 aliphatic carbocycles. The third-order valence-electron chi connectivity index (χ3n) is 3.35. The van der Waals surface area contributed by atoms with Crippen LogP contribution in [0.25, 0.3) is 0 Å². The summed E-state index contributed by atoms with van der Waals surface area (Å²) in [5, 5.41) is 0. The largest absolute Gasteiger partial charge is 0.329 e. The maximum atomic E-state index is 11.5. The molecule has 1 rings (SSSR count). The average Bonchev–Trinajstić information content (AvgIpc) is 2.06. The molecule has 0 saturated carbocycles. The summed E-state index contributed by atoms with van der Waals surface area (Å²) in [6, 6.07) is 0.324. The quantitative estimate of drug-likeness (QED) is 0.772. The lowest BCUT2D eigenvalue weighted by Crippen LogP contribution is -2.57. The fourth-order valence-corrected chi connectivity index (χ4v) is 4.04. The molecule has 2 atom stereocenters. The molecule has 16 heavy (non-hydrogen) atoms. The van der Waals surface area contributed by atoms with Gasteiger partial charge < -0.3 is 5.73 Å². The Bertz CT molecular complexity index is 332. The van der Waals surface area contributed by atoms with E-state index in [4.69, 9.17) is 5.73 Å². The Kier molecular flexibility index (Phi) is 4.03. The molecular formula is C11H24N2O2S. The molecule has 0 aromatic rings. The molecule has 0 aromatic carbocycles. The molecule has 1 fully saturated rings. The third kappa shape index (κ3) is 3.18. The van der Waals surface area contributed by atoms with E-state index in [2.05, 4.69) is 25.7 Å². The van der Waals surface area contributed by atoms with Gasteiger partial charge in [0, 0.05) is 25.2 Å². The van der Waals surface area contributed by atoms with Crippen LogP contribution in [0.1, 0.15) is 27.7 Å². The second kappa shape index (κ2) is 4.63. The number of rotatable bonds is 2. The summed E-state index contributed by atoms with van der Waals surface area (Å²) < 4.78 is 23.0. The highest BCUT2D eigenvalue weighted by atomic mass is 32.2. The second-order valence-electron chi connectivity index (χ2n) is 5.82. The van der Waals surface area contributed by atoms with E-state index in [9.17, 15) is 8.42 Å². The minimum Gasteiger partial charge on any atom is -0.329 e. The van der Waals surface area contributed by atoms with Crippen molar-refractivity contribution >= 4 is 9.84 Å². The Balaban J connectivity index is 2.82. The molecule has 1 aliphatic heterocycles. The minimum atomic E-state index is -2.83. The Morgan fingerprint density at radius 3 is 2.38 bits per heavy atom. The van der Waals surface area contributed by atoms with Gasteiger partial charge in [0.05, 0.1) is 11.5 Å². The monoisotopic (exact) mass is 248 g/mol. The van der Waals surface area contributed by atoms with Gasteiger partial charge in [-0.1, -0.05) is 20.8 Å². The summed E-state index contributed by atoms with van der Waals surface area (Å²) in [6.45, 7) is 9.63. The molecule has 1 saturated heterocycles. The summed E-state index contributed by atoms with van der Waals surface area (Å²) in [5.41, 5.74) is 5.92. The first-order valence-corrected chi connectivity index (χ1v) is 7.66. The normalized spacial score (nSPS) is 28.9. The molecule has 4 nitrogen and oxygen atoms in total. The highest BCUT2D eigenvalue weighted by molar-refractivity contribution is 7.91. The van der Waals surface area contributed by atoms with E-state index >= 15 is 0 Å². The van der Waals surface area contributed by atoms with Crippen molar-refractivity contribution in [2.45, 2.75) is 39.8 Å². The van der Waals surface area contributed by atoms with Crippen LogP contribution in [0.2, 0.25) is 0 Å². The zero-order chi connectivity index (χ0) is 12.6. The van der Waals surface area contributed by atoms with Crippen LogP contribution in [0.4, 0.5) is 0 Å². The standard InChI is InChI=1S/C11H24N2O2S/c1-9-8-16(14,15)6-5-13(9)10(7-12)11(2,3)4/h9-10H,5-8,12H2,1-4H3. The fraction of sp³-hybridized carbons (Fsp3) is 1.00. The van der Waals surface area contributed by atoms with Gasteiger partial charge in [-0.2, -0.15) is 0 Å². The Morgan fingerprint density at radius 2 is 2.00 bits per heavy atom. The molecule has 0 bridgehead atoms. The van der Waals surface area contributed by atoms with Crippen molar-refractivity contribution in [3.8, 4) is 0 Å². The highest BCUT2D eigenvalue weighted by Gasteiger charge is 2.36. The van der Waals surface area contributed by atoms with Gasteiger partial charge in [0.25, 0.3) is 0 Å². The lowest BCUT2D eigenvalue weighted by Gasteiger charge is -2.44. The van der Waals surface area contributed by atoms with Crippen molar-refractivity contribution in [2.24, 2.45) is 11.1 Å². The van der Waals surface area contributed by atoms with Crippen molar-refractivity contribution in [3.05, 3.63) is 0 Å². The van der Waals surface area contributed by atoms with Gasteiger partial charge in [-0.25, -0.2) is 8.42 Å². The average molecular weight is 248 g/mol. The number of hydrogen-bond donors (Lipinski definition) is 1. The van der Waals surface area contributed by atoms with Crippen molar-refractivity contribution < 1.29 is 8.42 Å². The van der Waals surface area contributed by atoms with E-state index in [-0.39, 0.29) is 29.0 Å². The number of nitrogens with zero attached hydrogens (tertiary/aromatic N) is 1. The summed E-state index contributed by atoms with van der Waals surface area (Å²) in [7, 11) is -2.83. The van der Waals surface area contributed by atoms with Gasteiger partial charge in [0.15, 0.2) is 9.84 Å². The van der Waals surface area contributed by atoms with Crippen LogP contribution in [0.5, 0.6) is 0 Å².